The van der Waals surface area contributed by atoms with Gasteiger partial charge in [0, 0.05) is 29.8 Å². The van der Waals surface area contributed by atoms with Gasteiger partial charge in [0.2, 0.25) is 0 Å². The van der Waals surface area contributed by atoms with E-state index in [1.807, 2.05) is 7.05 Å². The van der Waals surface area contributed by atoms with Gasteiger partial charge in [0.25, 0.3) is 0 Å². The van der Waals surface area contributed by atoms with Crippen molar-refractivity contribution in [1.82, 2.24) is 5.32 Å². The number of halogens is 1. The van der Waals surface area contributed by atoms with Crippen molar-refractivity contribution in [3.63, 3.8) is 0 Å². The molecule has 2 nitrogen and oxygen atoms in total. The number of rotatable bonds is 5. The minimum Gasteiger partial charge on any atom is -0.371 e. The molecular formula is C14H23BrN2. The number of hydrogen-bond donors (Lipinski definition) is 1. The van der Waals surface area contributed by atoms with Crippen LogP contribution in [-0.4, -0.2) is 20.1 Å². The van der Waals surface area contributed by atoms with Crippen LogP contribution in [-0.2, 0) is 6.54 Å². The zero-order valence-electron chi connectivity index (χ0n) is 11.4. The van der Waals surface area contributed by atoms with Crippen LogP contribution in [0.1, 0.15) is 26.3 Å². The fourth-order valence-corrected chi connectivity index (χ4v) is 2.22. The maximum Gasteiger partial charge on any atom is 0.0423 e. The lowest BCUT2D eigenvalue weighted by Crippen LogP contribution is -2.34. The maximum absolute atomic E-state index is 3.55. The smallest absolute Gasteiger partial charge is 0.0423 e. The third-order valence-corrected chi connectivity index (χ3v) is 3.86. The lowest BCUT2D eigenvalue weighted by molar-refractivity contribution is 0.504. The first-order valence-electron chi connectivity index (χ1n) is 6.13. The Morgan fingerprint density at radius 1 is 1.29 bits per heavy atom. The van der Waals surface area contributed by atoms with E-state index in [0.29, 0.717) is 12.0 Å². The summed E-state index contributed by atoms with van der Waals surface area (Å²) >= 11 is 3.55. The molecular weight excluding hydrogens is 276 g/mol. The molecule has 1 N–H and O–H groups in total. The van der Waals surface area contributed by atoms with Crippen molar-refractivity contribution < 1.29 is 0 Å². The van der Waals surface area contributed by atoms with Gasteiger partial charge in [-0.2, -0.15) is 0 Å². The summed E-state index contributed by atoms with van der Waals surface area (Å²) in [6.07, 6.45) is 0. The number of nitrogens with zero attached hydrogens (tertiary/aromatic N) is 1. The lowest BCUT2D eigenvalue weighted by Gasteiger charge is -2.32. The van der Waals surface area contributed by atoms with Gasteiger partial charge in [-0.15, -0.1) is 0 Å². The molecule has 1 rings (SSSR count). The van der Waals surface area contributed by atoms with Crippen LogP contribution in [0, 0.1) is 5.92 Å². The van der Waals surface area contributed by atoms with Crippen molar-refractivity contribution in [3.8, 4) is 0 Å². The zero-order chi connectivity index (χ0) is 13.0. The summed E-state index contributed by atoms with van der Waals surface area (Å²) in [5.41, 5.74) is 2.64. The molecule has 0 aromatic heterocycles. The second-order valence-electron chi connectivity index (χ2n) is 4.90. The quantitative estimate of drug-likeness (QED) is 0.893. The van der Waals surface area contributed by atoms with Gasteiger partial charge in [0.15, 0.2) is 0 Å². The summed E-state index contributed by atoms with van der Waals surface area (Å²) < 4.78 is 1.13. The van der Waals surface area contributed by atoms with E-state index in [1.165, 1.54) is 11.3 Å². The SMILES string of the molecule is CNCc1ccc(Br)cc1N(C)C(C)C(C)C. The van der Waals surface area contributed by atoms with Crippen molar-refractivity contribution in [2.24, 2.45) is 5.92 Å². The molecule has 1 unspecified atom stereocenters. The largest absolute Gasteiger partial charge is 0.371 e. The molecule has 0 aliphatic heterocycles. The van der Waals surface area contributed by atoms with Crippen molar-refractivity contribution >= 4 is 21.6 Å². The first-order valence-corrected chi connectivity index (χ1v) is 6.92. The highest BCUT2D eigenvalue weighted by molar-refractivity contribution is 9.10. The van der Waals surface area contributed by atoms with E-state index in [9.17, 15) is 0 Å². The lowest BCUT2D eigenvalue weighted by atomic mass is 10.0. The van der Waals surface area contributed by atoms with Gasteiger partial charge < -0.3 is 10.2 Å². The second kappa shape index (κ2) is 6.41. The van der Waals surface area contributed by atoms with Crippen LogP contribution in [0.15, 0.2) is 22.7 Å². The Kier molecular flexibility index (Phi) is 5.47. The van der Waals surface area contributed by atoms with Gasteiger partial charge in [0.1, 0.15) is 0 Å². The molecule has 96 valence electrons. The second-order valence-corrected chi connectivity index (χ2v) is 5.81. The van der Waals surface area contributed by atoms with Crippen molar-refractivity contribution in [2.75, 3.05) is 19.0 Å². The predicted molar refractivity (Wildman–Crippen MR) is 79.6 cm³/mol. The number of nitrogens with one attached hydrogen (secondary N) is 1. The molecule has 0 saturated heterocycles. The van der Waals surface area contributed by atoms with Gasteiger partial charge in [0.05, 0.1) is 0 Å². The first kappa shape index (κ1) is 14.5. The molecule has 0 aliphatic rings. The minimum atomic E-state index is 0.528. The van der Waals surface area contributed by atoms with Gasteiger partial charge in [-0.3, -0.25) is 0 Å². The summed E-state index contributed by atoms with van der Waals surface area (Å²) in [5.74, 6) is 0.640. The molecule has 1 aromatic rings. The Bertz CT molecular complexity index is 363. The molecule has 0 amide bonds. The Labute approximate surface area is 114 Å². The minimum absolute atomic E-state index is 0.528. The topological polar surface area (TPSA) is 15.3 Å². The summed E-state index contributed by atoms with van der Waals surface area (Å²) in [5, 5.41) is 3.22. The standard InChI is InChI=1S/C14H23BrN2/c1-10(2)11(3)17(5)14-8-13(15)7-6-12(14)9-16-4/h6-8,10-11,16H,9H2,1-5H3. The van der Waals surface area contributed by atoms with E-state index >= 15 is 0 Å². The molecule has 0 bridgehead atoms. The molecule has 1 atom stereocenters. The molecule has 0 radical (unpaired) electrons. The molecule has 0 aliphatic carbocycles. The third kappa shape index (κ3) is 3.71. The van der Waals surface area contributed by atoms with Crippen LogP contribution >= 0.6 is 15.9 Å². The molecule has 0 spiro atoms. The average molecular weight is 299 g/mol. The molecule has 1 aromatic carbocycles. The van der Waals surface area contributed by atoms with E-state index in [2.05, 4.69) is 72.2 Å². The fourth-order valence-electron chi connectivity index (χ4n) is 1.87. The highest BCUT2D eigenvalue weighted by Crippen LogP contribution is 2.27. The van der Waals surface area contributed by atoms with Crippen LogP contribution in [0.3, 0.4) is 0 Å². The van der Waals surface area contributed by atoms with E-state index in [4.69, 9.17) is 0 Å². The predicted octanol–water partition coefficient (Wildman–Crippen LogP) is 3.65. The summed E-state index contributed by atoms with van der Waals surface area (Å²) in [7, 11) is 4.16. The number of benzene rings is 1. The monoisotopic (exact) mass is 298 g/mol. The molecule has 0 saturated carbocycles. The van der Waals surface area contributed by atoms with Crippen LogP contribution < -0.4 is 10.2 Å². The van der Waals surface area contributed by atoms with Gasteiger partial charge in [-0.05, 0) is 37.6 Å². The summed E-state index contributed by atoms with van der Waals surface area (Å²) in [4.78, 5) is 2.36. The molecule has 0 heterocycles. The summed E-state index contributed by atoms with van der Waals surface area (Å²) in [6, 6.07) is 7.01. The summed E-state index contributed by atoms with van der Waals surface area (Å²) in [6.45, 7) is 7.69. The Morgan fingerprint density at radius 3 is 2.47 bits per heavy atom. The van der Waals surface area contributed by atoms with E-state index in [-0.39, 0.29) is 0 Å². The van der Waals surface area contributed by atoms with E-state index < -0.39 is 0 Å². The Balaban J connectivity index is 3.05. The van der Waals surface area contributed by atoms with E-state index in [1.54, 1.807) is 0 Å². The van der Waals surface area contributed by atoms with Crippen LogP contribution in [0.5, 0.6) is 0 Å². The first-order chi connectivity index (χ1) is 7.97. The van der Waals surface area contributed by atoms with E-state index in [0.717, 1.165) is 11.0 Å². The molecule has 3 heteroatoms. The number of anilines is 1. The highest BCUT2D eigenvalue weighted by Gasteiger charge is 2.16. The zero-order valence-corrected chi connectivity index (χ0v) is 13.0. The van der Waals surface area contributed by atoms with Crippen LogP contribution in [0.4, 0.5) is 5.69 Å². The van der Waals surface area contributed by atoms with Gasteiger partial charge in [-0.1, -0.05) is 35.8 Å². The fraction of sp³-hybridized carbons (Fsp3) is 0.571. The molecule has 17 heavy (non-hydrogen) atoms. The van der Waals surface area contributed by atoms with Crippen LogP contribution in [0.2, 0.25) is 0 Å². The Hall–Kier alpha value is -0.540. The van der Waals surface area contributed by atoms with Gasteiger partial charge in [-0.25, -0.2) is 0 Å². The number of hydrogen-bond acceptors (Lipinski definition) is 2. The Morgan fingerprint density at radius 2 is 1.94 bits per heavy atom. The van der Waals surface area contributed by atoms with Crippen molar-refractivity contribution in [2.45, 2.75) is 33.4 Å². The van der Waals surface area contributed by atoms with Crippen molar-refractivity contribution in [1.29, 1.82) is 0 Å². The normalized spacial score (nSPS) is 12.9. The third-order valence-electron chi connectivity index (χ3n) is 3.37. The van der Waals surface area contributed by atoms with Crippen molar-refractivity contribution in [3.05, 3.63) is 28.2 Å². The van der Waals surface area contributed by atoms with Gasteiger partial charge >= 0.3 is 0 Å². The van der Waals surface area contributed by atoms with Crippen LogP contribution in [0.25, 0.3) is 0 Å². The average Bonchev–Trinajstić information content (AvgIpc) is 2.29. The highest BCUT2D eigenvalue weighted by atomic mass is 79.9. The molecule has 0 fully saturated rings. The maximum atomic E-state index is 3.55.